The smallest absolute Gasteiger partial charge is 0.354 e. The van der Waals surface area contributed by atoms with Crippen molar-refractivity contribution in [1.29, 1.82) is 5.26 Å². The Bertz CT molecular complexity index is 680. The second-order valence-corrected chi connectivity index (χ2v) is 4.10. The average Bonchev–Trinajstić information content (AvgIpc) is 2.39. The lowest BCUT2D eigenvalue weighted by Gasteiger charge is -2.08. The van der Waals surface area contributed by atoms with Gasteiger partial charge in [0.25, 0.3) is 0 Å². The van der Waals surface area contributed by atoms with Gasteiger partial charge in [0.05, 0.1) is 11.3 Å². The van der Waals surface area contributed by atoms with E-state index in [1.54, 1.807) is 24.3 Å². The van der Waals surface area contributed by atoms with Gasteiger partial charge in [0, 0.05) is 16.9 Å². The van der Waals surface area contributed by atoms with Gasteiger partial charge in [0.2, 0.25) is 0 Å². The van der Waals surface area contributed by atoms with Gasteiger partial charge in [-0.3, -0.25) is 0 Å². The fraction of sp³-hybridized carbons (Fsp3) is 0. The maximum Gasteiger partial charge on any atom is 0.354 e. The zero-order valence-corrected chi connectivity index (χ0v) is 10.3. The highest BCUT2D eigenvalue weighted by molar-refractivity contribution is 6.30. The topological polar surface area (TPSA) is 86.0 Å². The van der Waals surface area contributed by atoms with E-state index in [1.165, 1.54) is 12.3 Å². The van der Waals surface area contributed by atoms with Crippen LogP contribution in [0.25, 0.3) is 0 Å². The summed E-state index contributed by atoms with van der Waals surface area (Å²) in [6.07, 6.45) is 1.38. The number of hydrogen-bond donors (Lipinski definition) is 2. The van der Waals surface area contributed by atoms with E-state index >= 15 is 0 Å². The number of benzene rings is 1. The molecule has 0 atom stereocenters. The molecule has 0 aliphatic carbocycles. The number of hydrogen-bond acceptors (Lipinski definition) is 4. The fourth-order valence-electron chi connectivity index (χ4n) is 1.50. The van der Waals surface area contributed by atoms with Crippen molar-refractivity contribution in [3.63, 3.8) is 0 Å². The standard InChI is InChI=1S/C13H8ClN3O2/c14-9-2-1-8(7-15)11(5-9)17-10-3-4-16-12(6-10)13(18)19/h1-6H,(H,16,17)(H,18,19). The van der Waals surface area contributed by atoms with Crippen molar-refractivity contribution >= 4 is 28.9 Å². The Morgan fingerprint density at radius 2 is 2.16 bits per heavy atom. The molecule has 0 aliphatic heterocycles. The van der Waals surface area contributed by atoms with Crippen LogP contribution in [-0.2, 0) is 0 Å². The second kappa shape index (κ2) is 5.38. The van der Waals surface area contributed by atoms with Gasteiger partial charge in [-0.2, -0.15) is 5.26 Å². The van der Waals surface area contributed by atoms with E-state index in [-0.39, 0.29) is 5.69 Å². The van der Waals surface area contributed by atoms with E-state index in [0.29, 0.717) is 22.0 Å². The van der Waals surface area contributed by atoms with Gasteiger partial charge in [-0.25, -0.2) is 9.78 Å². The van der Waals surface area contributed by atoms with Crippen molar-refractivity contribution in [3.05, 3.63) is 52.8 Å². The molecule has 0 amide bonds. The maximum absolute atomic E-state index is 10.8. The summed E-state index contributed by atoms with van der Waals surface area (Å²) in [5, 5.41) is 21.3. The molecule has 2 aromatic rings. The van der Waals surface area contributed by atoms with Crippen LogP contribution in [0.5, 0.6) is 0 Å². The molecular weight excluding hydrogens is 266 g/mol. The molecule has 1 heterocycles. The number of rotatable bonds is 3. The van der Waals surface area contributed by atoms with Crippen LogP contribution in [0.3, 0.4) is 0 Å². The summed E-state index contributed by atoms with van der Waals surface area (Å²) in [6.45, 7) is 0. The van der Waals surface area contributed by atoms with Gasteiger partial charge in [-0.05, 0) is 30.3 Å². The lowest BCUT2D eigenvalue weighted by Crippen LogP contribution is -2.01. The van der Waals surface area contributed by atoms with Crippen LogP contribution < -0.4 is 5.32 Å². The van der Waals surface area contributed by atoms with Gasteiger partial charge in [-0.1, -0.05) is 11.6 Å². The predicted molar refractivity (Wildman–Crippen MR) is 70.6 cm³/mol. The molecule has 6 heteroatoms. The van der Waals surface area contributed by atoms with E-state index in [9.17, 15) is 4.79 Å². The highest BCUT2D eigenvalue weighted by atomic mass is 35.5. The molecule has 0 fully saturated rings. The van der Waals surface area contributed by atoms with Crippen molar-refractivity contribution in [3.8, 4) is 6.07 Å². The number of anilines is 2. The summed E-state index contributed by atoms with van der Waals surface area (Å²) in [5.74, 6) is -1.12. The number of nitrogens with one attached hydrogen (secondary N) is 1. The Labute approximate surface area is 114 Å². The van der Waals surface area contributed by atoms with Crippen LogP contribution in [-0.4, -0.2) is 16.1 Å². The van der Waals surface area contributed by atoms with Crippen LogP contribution in [0.15, 0.2) is 36.5 Å². The van der Waals surface area contributed by atoms with E-state index in [1.807, 2.05) is 6.07 Å². The zero-order chi connectivity index (χ0) is 13.8. The van der Waals surface area contributed by atoms with Crippen molar-refractivity contribution < 1.29 is 9.90 Å². The first-order valence-corrected chi connectivity index (χ1v) is 5.64. The zero-order valence-electron chi connectivity index (χ0n) is 9.59. The minimum atomic E-state index is -1.12. The van der Waals surface area contributed by atoms with E-state index in [0.717, 1.165) is 0 Å². The molecule has 0 radical (unpaired) electrons. The Balaban J connectivity index is 2.36. The normalized spacial score (nSPS) is 9.68. The average molecular weight is 274 g/mol. The molecule has 19 heavy (non-hydrogen) atoms. The quantitative estimate of drug-likeness (QED) is 0.897. The van der Waals surface area contributed by atoms with Crippen LogP contribution >= 0.6 is 11.6 Å². The third-order valence-electron chi connectivity index (χ3n) is 2.36. The largest absolute Gasteiger partial charge is 0.477 e. The van der Waals surface area contributed by atoms with Crippen LogP contribution in [0.4, 0.5) is 11.4 Å². The number of nitrogens with zero attached hydrogens (tertiary/aromatic N) is 2. The third-order valence-corrected chi connectivity index (χ3v) is 2.60. The summed E-state index contributed by atoms with van der Waals surface area (Å²) >= 11 is 5.87. The molecule has 0 spiro atoms. The summed E-state index contributed by atoms with van der Waals surface area (Å²) in [7, 11) is 0. The first-order valence-electron chi connectivity index (χ1n) is 5.26. The van der Waals surface area contributed by atoms with E-state index in [2.05, 4.69) is 10.3 Å². The third kappa shape index (κ3) is 3.00. The molecule has 5 nitrogen and oxygen atoms in total. The van der Waals surface area contributed by atoms with Gasteiger partial charge >= 0.3 is 5.97 Å². The lowest BCUT2D eigenvalue weighted by molar-refractivity contribution is 0.0690. The first kappa shape index (κ1) is 12.9. The predicted octanol–water partition coefficient (Wildman–Crippen LogP) is 3.05. The minimum Gasteiger partial charge on any atom is -0.477 e. The Morgan fingerprint density at radius 3 is 2.84 bits per heavy atom. The number of carbonyl (C=O) groups is 1. The number of pyridine rings is 1. The molecule has 0 saturated carbocycles. The number of nitriles is 1. The highest BCUT2D eigenvalue weighted by Crippen LogP contribution is 2.24. The molecule has 0 aliphatic rings. The molecule has 0 bridgehead atoms. The molecule has 1 aromatic heterocycles. The van der Waals surface area contributed by atoms with Gasteiger partial charge in [-0.15, -0.1) is 0 Å². The maximum atomic E-state index is 10.8. The SMILES string of the molecule is N#Cc1ccc(Cl)cc1Nc1ccnc(C(=O)O)c1. The lowest BCUT2D eigenvalue weighted by atomic mass is 10.2. The monoisotopic (exact) mass is 273 g/mol. The van der Waals surface area contributed by atoms with Gasteiger partial charge in [0.15, 0.2) is 0 Å². The summed E-state index contributed by atoms with van der Waals surface area (Å²) < 4.78 is 0. The summed E-state index contributed by atoms with van der Waals surface area (Å²) in [6, 6.07) is 9.81. The molecule has 2 rings (SSSR count). The second-order valence-electron chi connectivity index (χ2n) is 3.66. The number of halogens is 1. The molecule has 0 saturated heterocycles. The molecule has 0 unspecified atom stereocenters. The molecule has 1 aromatic carbocycles. The van der Waals surface area contributed by atoms with E-state index < -0.39 is 5.97 Å². The Morgan fingerprint density at radius 1 is 1.37 bits per heavy atom. The van der Waals surface area contributed by atoms with Crippen LogP contribution in [0.1, 0.15) is 16.1 Å². The van der Waals surface area contributed by atoms with Crippen LogP contribution in [0.2, 0.25) is 5.02 Å². The first-order chi connectivity index (χ1) is 9.10. The molecule has 94 valence electrons. The van der Waals surface area contributed by atoms with Crippen molar-refractivity contribution in [2.24, 2.45) is 0 Å². The van der Waals surface area contributed by atoms with Crippen molar-refractivity contribution in [2.75, 3.05) is 5.32 Å². The number of aromatic nitrogens is 1. The fourth-order valence-corrected chi connectivity index (χ4v) is 1.67. The number of aromatic carboxylic acids is 1. The summed E-state index contributed by atoms with van der Waals surface area (Å²) in [5.41, 5.74) is 1.37. The van der Waals surface area contributed by atoms with Gasteiger partial charge < -0.3 is 10.4 Å². The van der Waals surface area contributed by atoms with Crippen molar-refractivity contribution in [2.45, 2.75) is 0 Å². The molecular formula is C13H8ClN3O2. The summed E-state index contributed by atoms with van der Waals surface area (Å²) in [4.78, 5) is 14.5. The van der Waals surface area contributed by atoms with Crippen molar-refractivity contribution in [1.82, 2.24) is 4.98 Å². The highest BCUT2D eigenvalue weighted by Gasteiger charge is 2.07. The number of carboxylic acid groups (broad SMARTS) is 1. The van der Waals surface area contributed by atoms with E-state index in [4.69, 9.17) is 22.0 Å². The van der Waals surface area contributed by atoms with Gasteiger partial charge in [0.1, 0.15) is 11.8 Å². The minimum absolute atomic E-state index is 0.0782. The Hall–Kier alpha value is -2.58. The number of carboxylic acids is 1. The Kier molecular flexibility index (Phi) is 3.64. The molecule has 2 N–H and O–H groups in total. The van der Waals surface area contributed by atoms with Crippen LogP contribution in [0, 0.1) is 11.3 Å².